The Morgan fingerprint density at radius 3 is 3.05 bits per heavy atom. The lowest BCUT2D eigenvalue weighted by Gasteiger charge is -2.13. The third-order valence-electron chi connectivity index (χ3n) is 4.20. The number of halogens is 1. The van der Waals surface area contributed by atoms with E-state index in [0.717, 1.165) is 42.1 Å². The van der Waals surface area contributed by atoms with Crippen molar-refractivity contribution in [3.63, 3.8) is 0 Å². The van der Waals surface area contributed by atoms with Crippen LogP contribution in [0.15, 0.2) is 28.7 Å². The Kier molecular flexibility index (Phi) is 4.29. The molecule has 2 aromatic rings. The van der Waals surface area contributed by atoms with E-state index in [2.05, 4.69) is 23.2 Å². The molecule has 0 aliphatic carbocycles. The Bertz CT molecular complexity index is 581. The number of likely N-dealkylation sites (tertiary alicyclic amines) is 1. The summed E-state index contributed by atoms with van der Waals surface area (Å²) in [5, 5.41) is 5.17. The van der Waals surface area contributed by atoms with Crippen LogP contribution in [0.5, 0.6) is 0 Å². The van der Waals surface area contributed by atoms with E-state index in [0.29, 0.717) is 5.22 Å². The molecule has 20 heavy (non-hydrogen) atoms. The third-order valence-corrected chi connectivity index (χ3v) is 4.51. The van der Waals surface area contributed by atoms with Crippen molar-refractivity contribution in [2.24, 2.45) is 5.92 Å². The smallest absolute Gasteiger partial charge is 0.199 e. The Morgan fingerprint density at radius 2 is 2.25 bits per heavy atom. The molecule has 1 aliphatic heterocycles. The van der Waals surface area contributed by atoms with Gasteiger partial charge in [0, 0.05) is 24.0 Å². The van der Waals surface area contributed by atoms with E-state index in [1.54, 1.807) is 0 Å². The van der Waals surface area contributed by atoms with Crippen LogP contribution >= 0.6 is 11.6 Å². The minimum absolute atomic E-state index is 0.514. The predicted octanol–water partition coefficient (Wildman–Crippen LogP) is 3.52. The van der Waals surface area contributed by atoms with Gasteiger partial charge in [-0.2, -0.15) is 0 Å². The number of nitrogens with one attached hydrogen (secondary N) is 1. The number of para-hydroxylation sites is 1. The second-order valence-electron chi connectivity index (χ2n) is 5.53. The molecule has 1 unspecified atom stereocenters. The second-order valence-corrected chi connectivity index (χ2v) is 5.87. The standard InChI is InChI=1S/C16H21ClN2O/c1-2-19-8-7-12(11-19)9-18-10-14-13-5-3-4-6-15(13)20-16(14)17/h3-6,12,18H,2,7-11H2,1H3. The molecule has 0 amide bonds. The summed E-state index contributed by atoms with van der Waals surface area (Å²) in [5.41, 5.74) is 1.94. The van der Waals surface area contributed by atoms with Crippen LogP contribution < -0.4 is 5.32 Å². The average Bonchev–Trinajstić information content (AvgIpc) is 3.04. The fraction of sp³-hybridized carbons (Fsp3) is 0.500. The first-order valence-electron chi connectivity index (χ1n) is 7.37. The zero-order valence-corrected chi connectivity index (χ0v) is 12.6. The van der Waals surface area contributed by atoms with Crippen LogP contribution in [0.25, 0.3) is 11.0 Å². The average molecular weight is 293 g/mol. The maximum absolute atomic E-state index is 6.19. The van der Waals surface area contributed by atoms with Crippen molar-refractivity contribution in [2.45, 2.75) is 19.9 Å². The molecule has 0 bridgehead atoms. The maximum atomic E-state index is 6.19. The summed E-state index contributed by atoms with van der Waals surface area (Å²) in [6, 6.07) is 8.02. The van der Waals surface area contributed by atoms with Gasteiger partial charge in [-0.1, -0.05) is 25.1 Å². The molecule has 1 N–H and O–H groups in total. The molecule has 1 fully saturated rings. The second kappa shape index (κ2) is 6.17. The van der Waals surface area contributed by atoms with Crippen molar-refractivity contribution in [1.29, 1.82) is 0 Å². The van der Waals surface area contributed by atoms with Crippen LogP contribution in [-0.4, -0.2) is 31.1 Å². The number of benzene rings is 1. The van der Waals surface area contributed by atoms with Crippen molar-refractivity contribution in [1.82, 2.24) is 10.2 Å². The highest BCUT2D eigenvalue weighted by molar-refractivity contribution is 6.30. The zero-order chi connectivity index (χ0) is 13.9. The highest BCUT2D eigenvalue weighted by atomic mass is 35.5. The van der Waals surface area contributed by atoms with Crippen molar-refractivity contribution in [3.8, 4) is 0 Å². The van der Waals surface area contributed by atoms with E-state index in [-0.39, 0.29) is 0 Å². The van der Waals surface area contributed by atoms with E-state index in [1.807, 2.05) is 18.2 Å². The largest absolute Gasteiger partial charge is 0.444 e. The molecule has 3 nitrogen and oxygen atoms in total. The summed E-state index contributed by atoms with van der Waals surface area (Å²) < 4.78 is 5.57. The van der Waals surface area contributed by atoms with Crippen molar-refractivity contribution in [2.75, 3.05) is 26.2 Å². The van der Waals surface area contributed by atoms with Crippen LogP contribution in [0.4, 0.5) is 0 Å². The van der Waals surface area contributed by atoms with Gasteiger partial charge in [-0.3, -0.25) is 0 Å². The Balaban J connectivity index is 1.59. The van der Waals surface area contributed by atoms with Crippen LogP contribution in [0.3, 0.4) is 0 Å². The molecule has 0 spiro atoms. The van der Waals surface area contributed by atoms with Gasteiger partial charge in [0.15, 0.2) is 5.22 Å². The zero-order valence-electron chi connectivity index (χ0n) is 11.9. The SMILES string of the molecule is CCN1CCC(CNCc2c(Cl)oc3ccccc23)C1. The van der Waals surface area contributed by atoms with Crippen molar-refractivity contribution < 1.29 is 4.42 Å². The summed E-state index contributed by atoms with van der Waals surface area (Å²) in [6.45, 7) is 7.66. The molecule has 1 aromatic heterocycles. The fourth-order valence-electron chi connectivity index (χ4n) is 3.00. The van der Waals surface area contributed by atoms with E-state index in [9.17, 15) is 0 Å². The third kappa shape index (κ3) is 2.85. The summed E-state index contributed by atoms with van der Waals surface area (Å²) in [5.74, 6) is 0.756. The lowest BCUT2D eigenvalue weighted by Crippen LogP contribution is -2.26. The minimum atomic E-state index is 0.514. The number of hydrogen-bond acceptors (Lipinski definition) is 3. The number of rotatable bonds is 5. The van der Waals surface area contributed by atoms with Gasteiger partial charge in [-0.05, 0) is 49.6 Å². The van der Waals surface area contributed by atoms with E-state index < -0.39 is 0 Å². The van der Waals surface area contributed by atoms with Gasteiger partial charge < -0.3 is 14.6 Å². The highest BCUT2D eigenvalue weighted by Gasteiger charge is 2.21. The van der Waals surface area contributed by atoms with E-state index in [1.165, 1.54) is 19.5 Å². The molecule has 0 radical (unpaired) electrons. The first-order chi connectivity index (χ1) is 9.78. The molecular formula is C16H21ClN2O. The van der Waals surface area contributed by atoms with Crippen LogP contribution in [0, 0.1) is 5.92 Å². The number of furan rings is 1. The Morgan fingerprint density at radius 1 is 1.40 bits per heavy atom. The van der Waals surface area contributed by atoms with Gasteiger partial charge in [0.1, 0.15) is 5.58 Å². The molecule has 1 saturated heterocycles. The molecule has 1 aliphatic rings. The van der Waals surface area contributed by atoms with Crippen molar-refractivity contribution >= 4 is 22.6 Å². The quantitative estimate of drug-likeness (QED) is 0.914. The lowest BCUT2D eigenvalue weighted by atomic mass is 10.1. The molecule has 3 rings (SSSR count). The number of nitrogens with zero attached hydrogens (tertiary/aromatic N) is 1. The van der Waals surface area contributed by atoms with E-state index >= 15 is 0 Å². The van der Waals surface area contributed by atoms with Gasteiger partial charge in [-0.25, -0.2) is 0 Å². The fourth-order valence-corrected chi connectivity index (χ4v) is 3.25. The van der Waals surface area contributed by atoms with Gasteiger partial charge in [0.05, 0.1) is 0 Å². The minimum Gasteiger partial charge on any atom is -0.444 e. The maximum Gasteiger partial charge on any atom is 0.199 e. The number of hydrogen-bond donors (Lipinski definition) is 1. The van der Waals surface area contributed by atoms with Crippen LogP contribution in [0.1, 0.15) is 18.9 Å². The molecule has 2 heterocycles. The Hall–Kier alpha value is -1.03. The van der Waals surface area contributed by atoms with Crippen LogP contribution in [-0.2, 0) is 6.54 Å². The molecular weight excluding hydrogens is 272 g/mol. The van der Waals surface area contributed by atoms with Gasteiger partial charge >= 0.3 is 0 Å². The lowest BCUT2D eigenvalue weighted by molar-refractivity contribution is 0.339. The van der Waals surface area contributed by atoms with Gasteiger partial charge in [-0.15, -0.1) is 0 Å². The summed E-state index contributed by atoms with van der Waals surface area (Å²) in [6.07, 6.45) is 1.29. The molecule has 0 saturated carbocycles. The molecule has 4 heteroatoms. The first kappa shape index (κ1) is 13.9. The summed E-state index contributed by atoms with van der Waals surface area (Å²) >= 11 is 6.19. The number of fused-ring (bicyclic) bond motifs is 1. The van der Waals surface area contributed by atoms with Crippen LogP contribution in [0.2, 0.25) is 5.22 Å². The van der Waals surface area contributed by atoms with E-state index in [4.69, 9.17) is 16.0 Å². The summed E-state index contributed by atoms with van der Waals surface area (Å²) in [7, 11) is 0. The highest BCUT2D eigenvalue weighted by Crippen LogP contribution is 2.29. The Labute approximate surface area is 124 Å². The van der Waals surface area contributed by atoms with Gasteiger partial charge in [0.25, 0.3) is 0 Å². The van der Waals surface area contributed by atoms with Crippen molar-refractivity contribution in [3.05, 3.63) is 35.0 Å². The topological polar surface area (TPSA) is 28.4 Å². The van der Waals surface area contributed by atoms with Gasteiger partial charge in [0.2, 0.25) is 0 Å². The molecule has 1 aromatic carbocycles. The first-order valence-corrected chi connectivity index (χ1v) is 7.74. The monoisotopic (exact) mass is 292 g/mol. The summed E-state index contributed by atoms with van der Waals surface area (Å²) in [4.78, 5) is 2.51. The molecule has 108 valence electrons. The normalized spacial score (nSPS) is 20.0. The predicted molar refractivity (Wildman–Crippen MR) is 83.2 cm³/mol. The molecule has 1 atom stereocenters.